The molecule has 1 N–H and O–H groups in total. The van der Waals surface area contributed by atoms with E-state index in [-0.39, 0.29) is 5.97 Å². The molecule has 0 amide bonds. The first-order chi connectivity index (χ1) is 14.6. The molecule has 1 heterocycles. The zero-order valence-corrected chi connectivity index (χ0v) is 19.0. The highest BCUT2D eigenvalue weighted by atomic mass is 16.5. The number of allylic oxidation sites excluding steroid dienone is 2. The predicted molar refractivity (Wildman–Crippen MR) is 127 cm³/mol. The lowest BCUT2D eigenvalue weighted by Gasteiger charge is -2.23. The lowest BCUT2D eigenvalue weighted by atomic mass is 9.92. The normalized spacial score (nSPS) is 13.1. The number of rotatable bonds is 8. The Balaban J connectivity index is 0.00000155. The van der Waals surface area contributed by atoms with Crippen LogP contribution < -0.4 is 5.32 Å². The van der Waals surface area contributed by atoms with Crippen molar-refractivity contribution in [2.24, 2.45) is 0 Å². The molecule has 3 rings (SSSR count). The molecule has 0 bridgehead atoms. The van der Waals surface area contributed by atoms with Crippen LogP contribution in [-0.2, 0) is 22.4 Å². The summed E-state index contributed by atoms with van der Waals surface area (Å²) in [6.45, 7) is 12.1. The first-order valence-corrected chi connectivity index (χ1v) is 11.3. The predicted octanol–water partition coefficient (Wildman–Crippen LogP) is 6.75. The summed E-state index contributed by atoms with van der Waals surface area (Å²) >= 11 is 0. The fourth-order valence-corrected chi connectivity index (χ4v) is 3.78. The molecule has 1 aliphatic rings. The number of benzene rings is 1. The van der Waals surface area contributed by atoms with Crippen molar-refractivity contribution in [2.45, 2.75) is 72.6 Å². The second-order valence-electron chi connectivity index (χ2n) is 7.25. The van der Waals surface area contributed by atoms with E-state index in [4.69, 9.17) is 9.72 Å². The lowest BCUT2D eigenvalue weighted by Crippen LogP contribution is -2.12. The van der Waals surface area contributed by atoms with Crippen LogP contribution in [0.3, 0.4) is 0 Å². The Hall–Kier alpha value is -2.62. The molecular weight excluding hydrogens is 372 g/mol. The van der Waals surface area contributed by atoms with Crippen LogP contribution in [-0.4, -0.2) is 17.6 Å². The van der Waals surface area contributed by atoms with E-state index in [1.807, 2.05) is 26.8 Å². The van der Waals surface area contributed by atoms with Crippen LogP contribution in [0.2, 0.25) is 0 Å². The molecule has 1 aromatic carbocycles. The number of para-hydroxylation sites is 1. The van der Waals surface area contributed by atoms with Gasteiger partial charge in [0.15, 0.2) is 0 Å². The number of aryl methyl sites for hydroxylation is 1. The van der Waals surface area contributed by atoms with Gasteiger partial charge in [-0.1, -0.05) is 44.7 Å². The molecule has 0 aliphatic heterocycles. The minimum atomic E-state index is -0.285. The molecule has 4 heteroatoms. The molecule has 4 nitrogen and oxygen atoms in total. The number of carbonyl (C=O) groups excluding carboxylic acids is 1. The largest absolute Gasteiger partial charge is 0.463 e. The van der Waals surface area contributed by atoms with Crippen molar-refractivity contribution in [3.63, 3.8) is 0 Å². The van der Waals surface area contributed by atoms with Gasteiger partial charge < -0.3 is 10.1 Å². The zero-order valence-electron chi connectivity index (χ0n) is 19.0. The van der Waals surface area contributed by atoms with E-state index in [2.05, 4.69) is 43.1 Å². The summed E-state index contributed by atoms with van der Waals surface area (Å²) in [4.78, 5) is 16.6. The van der Waals surface area contributed by atoms with E-state index in [1.165, 1.54) is 40.9 Å². The van der Waals surface area contributed by atoms with Crippen molar-refractivity contribution in [1.29, 1.82) is 0 Å². The number of ether oxygens (including phenoxy) is 1. The Bertz CT molecular complexity index is 899. The van der Waals surface area contributed by atoms with Crippen LogP contribution in [0.1, 0.15) is 71.1 Å². The van der Waals surface area contributed by atoms with Gasteiger partial charge in [-0.05, 0) is 70.4 Å². The molecule has 2 aromatic rings. The third-order valence-electron chi connectivity index (χ3n) is 5.29. The number of pyridine rings is 1. The molecule has 0 spiro atoms. The molecule has 0 atom stereocenters. The molecule has 0 saturated heterocycles. The van der Waals surface area contributed by atoms with Crippen molar-refractivity contribution in [1.82, 2.24) is 4.98 Å². The van der Waals surface area contributed by atoms with E-state index >= 15 is 0 Å². The van der Waals surface area contributed by atoms with Gasteiger partial charge in [-0.2, -0.15) is 0 Å². The Morgan fingerprint density at radius 1 is 1.20 bits per heavy atom. The summed E-state index contributed by atoms with van der Waals surface area (Å²) in [7, 11) is 0. The number of nitrogens with zero attached hydrogens (tertiary/aromatic N) is 1. The van der Waals surface area contributed by atoms with Gasteiger partial charge in [-0.25, -0.2) is 4.79 Å². The van der Waals surface area contributed by atoms with Gasteiger partial charge in [0.05, 0.1) is 17.8 Å². The molecule has 30 heavy (non-hydrogen) atoms. The fourth-order valence-electron chi connectivity index (χ4n) is 3.78. The maximum atomic E-state index is 11.7. The number of hydrogen-bond acceptors (Lipinski definition) is 4. The molecule has 1 aliphatic carbocycles. The summed E-state index contributed by atoms with van der Waals surface area (Å²) in [6.07, 6.45) is 9.04. The Labute approximate surface area is 181 Å². The number of carbonyl (C=O) groups is 1. The van der Waals surface area contributed by atoms with Crippen LogP contribution >= 0.6 is 0 Å². The number of nitrogens with one attached hydrogen (secondary N) is 1. The number of anilines is 1. The monoisotopic (exact) mass is 408 g/mol. The molecule has 0 unspecified atom stereocenters. The van der Waals surface area contributed by atoms with Gasteiger partial charge in [-0.3, -0.25) is 4.98 Å². The SMILES string of the molecule is C=C(CCC/C(=C\C)Nc1c2c(nc3ccccc13)CCCC2)C(=O)OCC.CC. The van der Waals surface area contributed by atoms with Crippen LogP contribution in [0.4, 0.5) is 5.69 Å². The highest BCUT2D eigenvalue weighted by molar-refractivity contribution is 5.94. The molecule has 1 aromatic heterocycles. The second kappa shape index (κ2) is 12.2. The minimum Gasteiger partial charge on any atom is -0.463 e. The van der Waals surface area contributed by atoms with Gasteiger partial charge in [0.1, 0.15) is 0 Å². The van der Waals surface area contributed by atoms with Crippen molar-refractivity contribution in [2.75, 3.05) is 11.9 Å². The Kier molecular flexibility index (Phi) is 9.59. The van der Waals surface area contributed by atoms with Crippen LogP contribution in [0, 0.1) is 0 Å². The van der Waals surface area contributed by atoms with Crippen molar-refractivity contribution in [3.05, 3.63) is 59.4 Å². The Morgan fingerprint density at radius 3 is 2.67 bits per heavy atom. The van der Waals surface area contributed by atoms with E-state index in [0.29, 0.717) is 18.6 Å². The lowest BCUT2D eigenvalue weighted by molar-refractivity contribution is -0.138. The highest BCUT2D eigenvalue weighted by Crippen LogP contribution is 2.34. The van der Waals surface area contributed by atoms with Crippen molar-refractivity contribution >= 4 is 22.6 Å². The minimum absolute atomic E-state index is 0.285. The zero-order chi connectivity index (χ0) is 21.9. The first kappa shape index (κ1) is 23.7. The quantitative estimate of drug-likeness (QED) is 0.388. The summed E-state index contributed by atoms with van der Waals surface area (Å²) in [6, 6.07) is 8.36. The molecule has 0 radical (unpaired) electrons. The maximum absolute atomic E-state index is 11.7. The number of fused-ring (bicyclic) bond motifs is 2. The van der Waals surface area contributed by atoms with Crippen LogP contribution in [0.5, 0.6) is 0 Å². The van der Waals surface area contributed by atoms with Crippen LogP contribution in [0.15, 0.2) is 48.2 Å². The third-order valence-corrected chi connectivity index (χ3v) is 5.29. The smallest absolute Gasteiger partial charge is 0.333 e. The maximum Gasteiger partial charge on any atom is 0.333 e. The van der Waals surface area contributed by atoms with Gasteiger partial charge in [0.2, 0.25) is 0 Å². The molecule has 0 saturated carbocycles. The van der Waals surface area contributed by atoms with Gasteiger partial charge in [0.25, 0.3) is 0 Å². The first-order valence-electron chi connectivity index (χ1n) is 11.3. The van der Waals surface area contributed by atoms with E-state index in [1.54, 1.807) is 0 Å². The molecular formula is C26H36N2O2. The van der Waals surface area contributed by atoms with Gasteiger partial charge >= 0.3 is 5.97 Å². The van der Waals surface area contributed by atoms with Gasteiger partial charge in [-0.15, -0.1) is 0 Å². The highest BCUT2D eigenvalue weighted by Gasteiger charge is 2.18. The third kappa shape index (κ3) is 5.94. The standard InChI is InChI=1S/C24H30N2O2.C2H6/c1-4-18(12-10-11-17(3)24(27)28-5-2)25-23-19-13-6-8-15-21(19)26-22-16-9-7-14-20(22)23;1-2/h4,6,8,13,15H,3,5,7,9-12,14,16H2,1-2H3,(H,25,26);1-2H3/b18-4+;. The summed E-state index contributed by atoms with van der Waals surface area (Å²) in [5.41, 5.74) is 6.57. The van der Waals surface area contributed by atoms with E-state index < -0.39 is 0 Å². The van der Waals surface area contributed by atoms with E-state index in [9.17, 15) is 4.79 Å². The average molecular weight is 409 g/mol. The Morgan fingerprint density at radius 2 is 1.93 bits per heavy atom. The number of aromatic nitrogens is 1. The topological polar surface area (TPSA) is 51.2 Å². The molecule has 162 valence electrons. The second-order valence-corrected chi connectivity index (χ2v) is 7.25. The summed E-state index contributed by atoms with van der Waals surface area (Å²) < 4.78 is 5.02. The van der Waals surface area contributed by atoms with Crippen molar-refractivity contribution in [3.8, 4) is 0 Å². The number of esters is 1. The number of hydrogen-bond donors (Lipinski definition) is 1. The van der Waals surface area contributed by atoms with Gasteiger partial charge in [0, 0.05) is 22.4 Å². The van der Waals surface area contributed by atoms with Crippen molar-refractivity contribution < 1.29 is 9.53 Å². The summed E-state index contributed by atoms with van der Waals surface area (Å²) in [5, 5.41) is 4.88. The average Bonchev–Trinajstić information content (AvgIpc) is 2.79. The summed E-state index contributed by atoms with van der Waals surface area (Å²) in [5.74, 6) is -0.285. The molecule has 0 fully saturated rings. The fraction of sp³-hybridized carbons (Fsp3) is 0.462. The van der Waals surface area contributed by atoms with E-state index in [0.717, 1.165) is 31.2 Å². The van der Waals surface area contributed by atoms with Crippen LogP contribution in [0.25, 0.3) is 10.9 Å².